The van der Waals surface area contributed by atoms with Crippen LogP contribution in [0.25, 0.3) is 22.0 Å². The minimum atomic E-state index is -0.311. The van der Waals surface area contributed by atoms with Crippen molar-refractivity contribution in [2.75, 3.05) is 5.32 Å². The van der Waals surface area contributed by atoms with Crippen molar-refractivity contribution in [3.05, 3.63) is 83.7 Å². The summed E-state index contributed by atoms with van der Waals surface area (Å²) in [7, 11) is 0. The zero-order chi connectivity index (χ0) is 23.9. The van der Waals surface area contributed by atoms with Crippen LogP contribution in [0, 0.1) is 12.7 Å². The molecule has 0 unspecified atom stereocenters. The van der Waals surface area contributed by atoms with Crippen LogP contribution in [0.2, 0.25) is 0 Å². The fourth-order valence-corrected chi connectivity index (χ4v) is 4.42. The molecule has 7 heteroatoms. The number of fused-ring (bicyclic) bond motifs is 1. The highest BCUT2D eigenvalue weighted by atomic mass is 19.1. The first-order valence-electron chi connectivity index (χ1n) is 12.1. The first kappa shape index (κ1) is 21.6. The standard InChI is InChI=1S/C28H26FN5O/c1-17-31-26-11-5-19(14-24(26)27(32-17)33-22-6-7-22)18-4-10-25(29)21(13-18)16-34(23-8-9-23)28(35)20-3-2-12-30-15-20/h2-5,10-15,22-23H,6-9,16H2,1H3,(H,31,32,33). The number of hydrogen-bond acceptors (Lipinski definition) is 5. The number of carbonyl (C=O) groups is 1. The number of amides is 1. The van der Waals surface area contributed by atoms with E-state index in [4.69, 9.17) is 0 Å². The number of hydrogen-bond donors (Lipinski definition) is 1. The molecule has 6 nitrogen and oxygen atoms in total. The molecule has 1 amide bonds. The van der Waals surface area contributed by atoms with E-state index in [1.54, 1.807) is 35.5 Å². The third kappa shape index (κ3) is 4.58. The molecular weight excluding hydrogens is 441 g/mol. The highest BCUT2D eigenvalue weighted by Crippen LogP contribution is 2.33. The van der Waals surface area contributed by atoms with Crippen molar-refractivity contribution in [1.29, 1.82) is 0 Å². The average molecular weight is 468 g/mol. The molecule has 35 heavy (non-hydrogen) atoms. The van der Waals surface area contributed by atoms with Crippen LogP contribution in [-0.4, -0.2) is 37.8 Å². The lowest BCUT2D eigenvalue weighted by Crippen LogP contribution is -2.33. The molecular formula is C28H26FN5O. The molecule has 2 aliphatic rings. The SMILES string of the molecule is Cc1nc(NC2CC2)c2cc(-c3ccc(F)c(CN(C(=O)c4cccnc4)C4CC4)c3)ccc2n1. The number of carbonyl (C=O) groups excluding carboxylic acids is 1. The lowest BCUT2D eigenvalue weighted by atomic mass is 10.0. The number of aryl methyl sites for hydroxylation is 1. The third-order valence-corrected chi connectivity index (χ3v) is 6.60. The topological polar surface area (TPSA) is 71.0 Å². The largest absolute Gasteiger partial charge is 0.367 e. The lowest BCUT2D eigenvalue weighted by Gasteiger charge is -2.23. The molecule has 4 aromatic rings. The van der Waals surface area contributed by atoms with Crippen LogP contribution in [0.1, 0.15) is 47.4 Å². The van der Waals surface area contributed by atoms with Crippen molar-refractivity contribution >= 4 is 22.6 Å². The fourth-order valence-electron chi connectivity index (χ4n) is 4.42. The summed E-state index contributed by atoms with van der Waals surface area (Å²) >= 11 is 0. The van der Waals surface area contributed by atoms with E-state index in [2.05, 4.69) is 26.3 Å². The Hall–Kier alpha value is -3.87. The predicted octanol–water partition coefficient (Wildman–Crippen LogP) is 5.52. The summed E-state index contributed by atoms with van der Waals surface area (Å²) in [5.74, 6) is 1.16. The summed E-state index contributed by atoms with van der Waals surface area (Å²) in [6.07, 6.45) is 7.39. The molecule has 0 saturated heterocycles. The van der Waals surface area contributed by atoms with E-state index in [1.807, 2.05) is 25.1 Å². The van der Waals surface area contributed by atoms with Gasteiger partial charge in [0.15, 0.2) is 0 Å². The van der Waals surface area contributed by atoms with Crippen LogP contribution >= 0.6 is 0 Å². The Bertz CT molecular complexity index is 1420. The number of nitrogens with zero attached hydrogens (tertiary/aromatic N) is 4. The molecule has 6 rings (SSSR count). The summed E-state index contributed by atoms with van der Waals surface area (Å²) in [4.78, 5) is 28.2. The van der Waals surface area contributed by atoms with Crippen molar-refractivity contribution in [3.63, 3.8) is 0 Å². The monoisotopic (exact) mass is 467 g/mol. The van der Waals surface area contributed by atoms with Gasteiger partial charge < -0.3 is 10.2 Å². The smallest absolute Gasteiger partial charge is 0.255 e. The number of nitrogens with one attached hydrogen (secondary N) is 1. The molecule has 1 N–H and O–H groups in total. The van der Waals surface area contributed by atoms with Crippen LogP contribution < -0.4 is 5.32 Å². The van der Waals surface area contributed by atoms with Crippen molar-refractivity contribution in [2.24, 2.45) is 0 Å². The normalized spacial score (nSPS) is 15.3. The minimum absolute atomic E-state index is 0.112. The van der Waals surface area contributed by atoms with Gasteiger partial charge in [0, 0.05) is 42.0 Å². The van der Waals surface area contributed by atoms with Gasteiger partial charge in [-0.2, -0.15) is 0 Å². The first-order chi connectivity index (χ1) is 17.0. The number of pyridine rings is 1. The molecule has 2 fully saturated rings. The van der Waals surface area contributed by atoms with Gasteiger partial charge >= 0.3 is 0 Å². The van der Waals surface area contributed by atoms with Crippen molar-refractivity contribution in [1.82, 2.24) is 19.9 Å². The average Bonchev–Trinajstić information content (AvgIpc) is 3.79. The van der Waals surface area contributed by atoms with Crippen LogP contribution in [0.5, 0.6) is 0 Å². The van der Waals surface area contributed by atoms with Crippen LogP contribution in [0.15, 0.2) is 60.9 Å². The zero-order valence-electron chi connectivity index (χ0n) is 19.5. The molecule has 0 aliphatic heterocycles. The van der Waals surface area contributed by atoms with Gasteiger partial charge in [-0.05, 0) is 80.1 Å². The highest BCUT2D eigenvalue weighted by Gasteiger charge is 2.33. The Balaban J connectivity index is 1.33. The number of anilines is 1. The zero-order valence-corrected chi connectivity index (χ0v) is 19.5. The van der Waals surface area contributed by atoms with E-state index in [-0.39, 0.29) is 24.3 Å². The van der Waals surface area contributed by atoms with Gasteiger partial charge in [-0.1, -0.05) is 12.1 Å². The number of halogens is 1. The second kappa shape index (κ2) is 8.73. The van der Waals surface area contributed by atoms with Crippen LogP contribution in [-0.2, 0) is 6.54 Å². The second-order valence-electron chi connectivity index (χ2n) is 9.48. The van der Waals surface area contributed by atoms with Gasteiger partial charge in [-0.3, -0.25) is 9.78 Å². The Kier molecular flexibility index (Phi) is 5.40. The predicted molar refractivity (Wildman–Crippen MR) is 133 cm³/mol. The maximum Gasteiger partial charge on any atom is 0.255 e. The number of rotatable bonds is 7. The van der Waals surface area contributed by atoms with Crippen molar-refractivity contribution < 1.29 is 9.18 Å². The van der Waals surface area contributed by atoms with Gasteiger partial charge in [-0.25, -0.2) is 14.4 Å². The third-order valence-electron chi connectivity index (χ3n) is 6.60. The van der Waals surface area contributed by atoms with Gasteiger partial charge in [0.05, 0.1) is 11.1 Å². The van der Waals surface area contributed by atoms with E-state index < -0.39 is 0 Å². The number of benzene rings is 2. The first-order valence-corrected chi connectivity index (χ1v) is 12.1. The Morgan fingerprint density at radius 1 is 1.06 bits per heavy atom. The Labute approximate surface area is 203 Å². The van der Waals surface area contributed by atoms with E-state index in [0.717, 1.165) is 59.4 Å². The maximum atomic E-state index is 14.9. The van der Waals surface area contributed by atoms with Crippen LogP contribution in [0.4, 0.5) is 10.2 Å². The molecule has 2 aliphatic carbocycles. The van der Waals surface area contributed by atoms with E-state index in [0.29, 0.717) is 17.2 Å². The molecule has 0 atom stereocenters. The van der Waals surface area contributed by atoms with Gasteiger partial charge in [-0.15, -0.1) is 0 Å². The fraction of sp³-hybridized carbons (Fsp3) is 0.286. The Morgan fingerprint density at radius 2 is 1.86 bits per heavy atom. The van der Waals surface area contributed by atoms with Crippen molar-refractivity contribution in [2.45, 2.75) is 51.2 Å². The number of aromatic nitrogens is 3. The van der Waals surface area contributed by atoms with Gasteiger partial charge in [0.2, 0.25) is 0 Å². The van der Waals surface area contributed by atoms with E-state index in [9.17, 15) is 9.18 Å². The molecule has 0 spiro atoms. The van der Waals surface area contributed by atoms with Crippen LogP contribution in [0.3, 0.4) is 0 Å². The molecule has 2 heterocycles. The molecule has 0 bridgehead atoms. The van der Waals surface area contributed by atoms with E-state index in [1.165, 1.54) is 6.07 Å². The molecule has 0 radical (unpaired) electrons. The lowest BCUT2D eigenvalue weighted by molar-refractivity contribution is 0.0728. The summed E-state index contributed by atoms with van der Waals surface area (Å²) in [6.45, 7) is 2.12. The Morgan fingerprint density at radius 3 is 2.60 bits per heavy atom. The second-order valence-corrected chi connectivity index (χ2v) is 9.48. The quantitative estimate of drug-likeness (QED) is 0.388. The summed E-state index contributed by atoms with van der Waals surface area (Å²) < 4.78 is 14.9. The molecule has 2 aromatic heterocycles. The molecule has 176 valence electrons. The summed E-state index contributed by atoms with van der Waals surface area (Å²) in [5, 5.41) is 4.47. The van der Waals surface area contributed by atoms with E-state index >= 15 is 0 Å². The molecule has 2 saturated carbocycles. The summed E-state index contributed by atoms with van der Waals surface area (Å²) in [5.41, 5.74) is 3.76. The van der Waals surface area contributed by atoms with Gasteiger partial charge in [0.1, 0.15) is 17.5 Å². The summed E-state index contributed by atoms with van der Waals surface area (Å²) in [6, 6.07) is 15.3. The van der Waals surface area contributed by atoms with Crippen molar-refractivity contribution in [3.8, 4) is 11.1 Å². The van der Waals surface area contributed by atoms with Gasteiger partial charge in [0.25, 0.3) is 5.91 Å². The minimum Gasteiger partial charge on any atom is -0.367 e. The maximum absolute atomic E-state index is 14.9. The molecule has 2 aromatic carbocycles. The highest BCUT2D eigenvalue weighted by molar-refractivity contribution is 5.94.